The number of hydrogen-bond acceptors (Lipinski definition) is 4. The molecular formula is C13H25N3O2. The van der Waals surface area contributed by atoms with E-state index in [1.54, 1.807) is 0 Å². The summed E-state index contributed by atoms with van der Waals surface area (Å²) in [4.78, 5) is 14.1. The van der Waals surface area contributed by atoms with Gasteiger partial charge in [0.25, 0.3) is 0 Å². The lowest BCUT2D eigenvalue weighted by Gasteiger charge is -2.31. The Kier molecular flexibility index (Phi) is 5.41. The third-order valence-corrected chi connectivity index (χ3v) is 3.78. The second kappa shape index (κ2) is 7.07. The zero-order valence-corrected chi connectivity index (χ0v) is 11.3. The number of hydrogen-bond donors (Lipinski definition) is 2. The van der Waals surface area contributed by atoms with Gasteiger partial charge in [-0.3, -0.25) is 4.79 Å². The molecule has 0 aromatic heterocycles. The highest BCUT2D eigenvalue weighted by molar-refractivity contribution is 5.81. The number of nitrogens with zero attached hydrogens (tertiary/aromatic N) is 1. The first-order chi connectivity index (χ1) is 8.77. The predicted molar refractivity (Wildman–Crippen MR) is 70.5 cm³/mol. The summed E-state index contributed by atoms with van der Waals surface area (Å²) in [6, 6.07) is 0.436. The first-order valence-corrected chi connectivity index (χ1v) is 7.10. The molecule has 104 valence electrons. The molecule has 1 amide bonds. The van der Waals surface area contributed by atoms with Gasteiger partial charge in [-0.05, 0) is 26.3 Å². The molecule has 0 spiro atoms. The number of rotatable bonds is 4. The van der Waals surface area contributed by atoms with Gasteiger partial charge in [0, 0.05) is 25.7 Å². The van der Waals surface area contributed by atoms with Gasteiger partial charge >= 0.3 is 0 Å². The van der Waals surface area contributed by atoms with Crippen molar-refractivity contribution in [3.8, 4) is 0 Å². The Morgan fingerprint density at radius 2 is 2.22 bits per heavy atom. The van der Waals surface area contributed by atoms with Crippen LogP contribution in [0.25, 0.3) is 0 Å². The Balaban J connectivity index is 1.69. The molecule has 5 heteroatoms. The van der Waals surface area contributed by atoms with Gasteiger partial charge in [0.05, 0.1) is 19.3 Å². The van der Waals surface area contributed by atoms with E-state index >= 15 is 0 Å². The maximum atomic E-state index is 12.2. The van der Waals surface area contributed by atoms with Crippen molar-refractivity contribution in [3.05, 3.63) is 0 Å². The van der Waals surface area contributed by atoms with E-state index in [2.05, 4.69) is 10.6 Å². The van der Waals surface area contributed by atoms with E-state index in [1.165, 1.54) is 19.3 Å². The monoisotopic (exact) mass is 255 g/mol. The normalized spacial score (nSPS) is 26.9. The minimum Gasteiger partial charge on any atom is -0.378 e. The Hall–Kier alpha value is -0.650. The average Bonchev–Trinajstić information content (AvgIpc) is 2.46. The second-order valence-corrected chi connectivity index (χ2v) is 5.21. The lowest BCUT2D eigenvalue weighted by Crippen LogP contribution is -2.52. The first kappa shape index (κ1) is 13.8. The molecule has 0 radical (unpaired) electrons. The Morgan fingerprint density at radius 1 is 1.44 bits per heavy atom. The van der Waals surface area contributed by atoms with E-state index in [1.807, 2.05) is 11.8 Å². The molecule has 2 atom stereocenters. The highest BCUT2D eigenvalue weighted by Crippen LogP contribution is 2.06. The summed E-state index contributed by atoms with van der Waals surface area (Å²) in [6.45, 7) is 6.75. The second-order valence-electron chi connectivity index (χ2n) is 5.21. The molecule has 0 aromatic carbocycles. The largest absolute Gasteiger partial charge is 0.378 e. The summed E-state index contributed by atoms with van der Waals surface area (Å²) in [5.41, 5.74) is 0. The van der Waals surface area contributed by atoms with E-state index in [4.69, 9.17) is 4.74 Å². The summed E-state index contributed by atoms with van der Waals surface area (Å²) < 4.78 is 5.26. The maximum absolute atomic E-state index is 12.2. The van der Waals surface area contributed by atoms with E-state index < -0.39 is 0 Å². The van der Waals surface area contributed by atoms with Crippen molar-refractivity contribution in [2.24, 2.45) is 0 Å². The Morgan fingerprint density at radius 3 is 2.89 bits per heavy atom. The van der Waals surface area contributed by atoms with E-state index in [0.717, 1.165) is 26.2 Å². The van der Waals surface area contributed by atoms with Crippen LogP contribution < -0.4 is 10.6 Å². The average molecular weight is 255 g/mol. The summed E-state index contributed by atoms with van der Waals surface area (Å²) >= 11 is 0. The lowest BCUT2D eigenvalue weighted by molar-refractivity contribution is -0.137. The van der Waals surface area contributed by atoms with Gasteiger partial charge in [-0.15, -0.1) is 0 Å². The number of amides is 1. The first-order valence-electron chi connectivity index (χ1n) is 7.10. The molecule has 0 saturated carbocycles. The number of piperidine rings is 1. The smallest absolute Gasteiger partial charge is 0.239 e. The molecule has 2 unspecified atom stereocenters. The number of nitrogens with one attached hydrogen (secondary N) is 2. The van der Waals surface area contributed by atoms with Crippen LogP contribution in [0.1, 0.15) is 26.2 Å². The molecule has 5 nitrogen and oxygen atoms in total. The summed E-state index contributed by atoms with van der Waals surface area (Å²) in [5, 5.41) is 6.84. The highest BCUT2D eigenvalue weighted by atomic mass is 16.5. The van der Waals surface area contributed by atoms with Crippen molar-refractivity contribution >= 4 is 5.91 Å². The zero-order valence-electron chi connectivity index (χ0n) is 11.3. The minimum absolute atomic E-state index is 0.0909. The Bertz CT molecular complexity index is 261. The van der Waals surface area contributed by atoms with Crippen LogP contribution >= 0.6 is 0 Å². The van der Waals surface area contributed by atoms with Crippen molar-refractivity contribution in [1.29, 1.82) is 0 Å². The maximum Gasteiger partial charge on any atom is 0.239 e. The lowest BCUT2D eigenvalue weighted by atomic mass is 10.0. The molecule has 18 heavy (non-hydrogen) atoms. The van der Waals surface area contributed by atoms with Crippen LogP contribution in [0.5, 0.6) is 0 Å². The molecule has 2 aliphatic rings. The number of ether oxygens (including phenoxy) is 1. The quantitative estimate of drug-likeness (QED) is 0.740. The van der Waals surface area contributed by atoms with Crippen molar-refractivity contribution in [1.82, 2.24) is 15.5 Å². The minimum atomic E-state index is -0.0909. The molecule has 2 saturated heterocycles. The molecule has 0 aromatic rings. The van der Waals surface area contributed by atoms with Gasteiger partial charge in [-0.25, -0.2) is 0 Å². The van der Waals surface area contributed by atoms with Crippen LogP contribution in [0.15, 0.2) is 0 Å². The van der Waals surface area contributed by atoms with Gasteiger partial charge in [0.2, 0.25) is 5.91 Å². The van der Waals surface area contributed by atoms with Crippen LogP contribution in [-0.4, -0.2) is 62.3 Å². The van der Waals surface area contributed by atoms with Crippen molar-refractivity contribution in [2.75, 3.05) is 39.4 Å². The molecule has 0 bridgehead atoms. The van der Waals surface area contributed by atoms with Gasteiger partial charge in [0.1, 0.15) is 0 Å². The number of carbonyl (C=O) groups excluding carboxylic acids is 1. The van der Waals surface area contributed by atoms with Gasteiger partial charge in [-0.2, -0.15) is 0 Å². The van der Waals surface area contributed by atoms with Gasteiger partial charge in [0.15, 0.2) is 0 Å². The SMILES string of the molecule is CC(NCC1CCCCN1)C(=O)N1CCOCC1. The van der Waals surface area contributed by atoms with Gasteiger partial charge < -0.3 is 20.3 Å². The van der Waals surface area contributed by atoms with Crippen molar-refractivity contribution in [3.63, 3.8) is 0 Å². The van der Waals surface area contributed by atoms with Crippen molar-refractivity contribution < 1.29 is 9.53 Å². The van der Waals surface area contributed by atoms with Crippen molar-refractivity contribution in [2.45, 2.75) is 38.3 Å². The molecule has 2 N–H and O–H groups in total. The number of morpholine rings is 1. The van der Waals surface area contributed by atoms with E-state index in [-0.39, 0.29) is 11.9 Å². The molecule has 2 aliphatic heterocycles. The summed E-state index contributed by atoms with van der Waals surface area (Å²) in [6.07, 6.45) is 3.79. The van der Waals surface area contributed by atoms with Gasteiger partial charge in [-0.1, -0.05) is 6.42 Å². The standard InChI is InChI=1S/C13H25N3O2/c1-11(13(17)16-6-8-18-9-7-16)15-10-12-4-2-3-5-14-12/h11-12,14-15H,2-10H2,1H3. The van der Waals surface area contributed by atoms with Crippen LogP contribution in [0.4, 0.5) is 0 Å². The molecule has 2 rings (SSSR count). The van der Waals surface area contributed by atoms with E-state index in [0.29, 0.717) is 19.3 Å². The predicted octanol–water partition coefficient (Wildman–Crippen LogP) is -0.0346. The number of carbonyl (C=O) groups is 1. The van der Waals surface area contributed by atoms with E-state index in [9.17, 15) is 4.79 Å². The summed E-state index contributed by atoms with van der Waals surface area (Å²) in [5.74, 6) is 0.203. The zero-order chi connectivity index (χ0) is 12.8. The highest BCUT2D eigenvalue weighted by Gasteiger charge is 2.23. The fraction of sp³-hybridized carbons (Fsp3) is 0.923. The fourth-order valence-corrected chi connectivity index (χ4v) is 2.56. The summed E-state index contributed by atoms with van der Waals surface area (Å²) in [7, 11) is 0. The fourth-order valence-electron chi connectivity index (χ4n) is 2.56. The Labute approximate surface area is 109 Å². The third kappa shape index (κ3) is 3.93. The third-order valence-electron chi connectivity index (χ3n) is 3.78. The van der Waals surface area contributed by atoms with Crippen LogP contribution in [0.3, 0.4) is 0 Å². The topological polar surface area (TPSA) is 53.6 Å². The van der Waals surface area contributed by atoms with Crippen LogP contribution in [0.2, 0.25) is 0 Å². The van der Waals surface area contributed by atoms with Crippen LogP contribution in [0, 0.1) is 0 Å². The molecular weight excluding hydrogens is 230 g/mol. The molecule has 0 aliphatic carbocycles. The molecule has 2 fully saturated rings. The van der Waals surface area contributed by atoms with Crippen LogP contribution in [-0.2, 0) is 9.53 Å². The molecule has 2 heterocycles.